The average molecular weight is 458 g/mol. The Kier molecular flexibility index (Phi) is 6.39. The zero-order valence-electron chi connectivity index (χ0n) is 17.8. The van der Waals surface area contributed by atoms with Gasteiger partial charge in [0.1, 0.15) is 17.3 Å². The van der Waals surface area contributed by atoms with E-state index in [0.29, 0.717) is 28.7 Å². The van der Waals surface area contributed by atoms with E-state index in [2.05, 4.69) is 0 Å². The van der Waals surface area contributed by atoms with Crippen LogP contribution in [0.5, 0.6) is 11.5 Å². The van der Waals surface area contributed by atoms with Crippen molar-refractivity contribution < 1.29 is 28.9 Å². The molecule has 0 bridgehead atoms. The van der Waals surface area contributed by atoms with E-state index in [-0.39, 0.29) is 29.5 Å². The quantitative estimate of drug-likeness (QED) is 0.401. The molecule has 8 heteroatoms. The number of carbonyl (C=O) groups is 2. The average Bonchev–Trinajstić information content (AvgIpc) is 3.41. The molecule has 2 saturated heterocycles. The lowest BCUT2D eigenvalue weighted by molar-refractivity contribution is -0.140. The third-order valence-electron chi connectivity index (χ3n) is 5.81. The highest BCUT2D eigenvalue weighted by Gasteiger charge is 2.47. The molecular formula is C24H24ClNO6. The van der Waals surface area contributed by atoms with Crippen LogP contribution in [-0.2, 0) is 14.3 Å². The first kappa shape index (κ1) is 22.2. The molecule has 1 amide bonds. The predicted octanol–water partition coefficient (Wildman–Crippen LogP) is 3.96. The SMILES string of the molecule is COc1ccc(OC)c(/C(O)=C2\C(=O)C(=O)N(CC3CCCO3)C2c2ccc(Cl)cc2)c1. The molecule has 0 spiro atoms. The van der Waals surface area contributed by atoms with Crippen molar-refractivity contribution >= 4 is 29.1 Å². The number of rotatable bonds is 6. The molecule has 0 radical (unpaired) electrons. The topological polar surface area (TPSA) is 85.3 Å². The smallest absolute Gasteiger partial charge is 0.295 e. The number of aliphatic hydroxyl groups is 1. The maximum Gasteiger partial charge on any atom is 0.295 e. The van der Waals surface area contributed by atoms with Crippen LogP contribution in [0.1, 0.15) is 30.0 Å². The predicted molar refractivity (Wildman–Crippen MR) is 119 cm³/mol. The first-order valence-corrected chi connectivity index (χ1v) is 10.7. The second kappa shape index (κ2) is 9.22. The van der Waals surface area contributed by atoms with E-state index in [1.165, 1.54) is 19.1 Å². The van der Waals surface area contributed by atoms with Crippen LogP contribution in [0, 0.1) is 0 Å². The Hall–Kier alpha value is -3.03. The van der Waals surface area contributed by atoms with Gasteiger partial charge in [0.2, 0.25) is 0 Å². The number of hydrogen-bond donors (Lipinski definition) is 1. The van der Waals surface area contributed by atoms with Gasteiger partial charge >= 0.3 is 0 Å². The van der Waals surface area contributed by atoms with E-state index in [0.717, 1.165) is 12.8 Å². The van der Waals surface area contributed by atoms with Gasteiger partial charge in [-0.1, -0.05) is 23.7 Å². The highest BCUT2D eigenvalue weighted by atomic mass is 35.5. The fraction of sp³-hybridized carbons (Fsp3) is 0.333. The fourth-order valence-electron chi connectivity index (χ4n) is 4.21. The summed E-state index contributed by atoms with van der Waals surface area (Å²) in [6, 6.07) is 11.0. The lowest BCUT2D eigenvalue weighted by Crippen LogP contribution is -2.36. The molecule has 2 heterocycles. The lowest BCUT2D eigenvalue weighted by Gasteiger charge is -2.27. The Morgan fingerprint density at radius 2 is 1.91 bits per heavy atom. The summed E-state index contributed by atoms with van der Waals surface area (Å²) in [6.45, 7) is 0.880. The van der Waals surface area contributed by atoms with Gasteiger partial charge in [-0.05, 0) is 48.7 Å². The second-order valence-corrected chi connectivity index (χ2v) is 8.14. The van der Waals surface area contributed by atoms with E-state index in [9.17, 15) is 14.7 Å². The number of ketones is 1. The van der Waals surface area contributed by atoms with Crippen molar-refractivity contribution in [3.05, 3.63) is 64.2 Å². The van der Waals surface area contributed by atoms with E-state index in [1.54, 1.807) is 42.5 Å². The molecule has 2 aromatic carbocycles. The van der Waals surface area contributed by atoms with Crippen LogP contribution in [0.25, 0.3) is 5.76 Å². The largest absolute Gasteiger partial charge is 0.507 e. The highest BCUT2D eigenvalue weighted by Crippen LogP contribution is 2.42. The van der Waals surface area contributed by atoms with Gasteiger partial charge < -0.3 is 24.2 Å². The Labute approximate surface area is 191 Å². The third-order valence-corrected chi connectivity index (χ3v) is 6.06. The Morgan fingerprint density at radius 1 is 1.16 bits per heavy atom. The standard InChI is InChI=1S/C24H24ClNO6/c1-30-16-9-10-19(31-2)18(12-16)22(27)20-21(14-5-7-15(25)8-6-14)26(24(29)23(20)28)13-17-4-3-11-32-17/h5-10,12,17,21,27H,3-4,11,13H2,1-2H3/b22-20+. The van der Waals surface area contributed by atoms with Crippen LogP contribution < -0.4 is 9.47 Å². The van der Waals surface area contributed by atoms with Gasteiger partial charge in [0.25, 0.3) is 11.7 Å². The number of hydrogen-bond acceptors (Lipinski definition) is 6. The monoisotopic (exact) mass is 457 g/mol. The molecule has 4 rings (SSSR count). The van der Waals surface area contributed by atoms with Gasteiger partial charge in [0.15, 0.2) is 0 Å². The summed E-state index contributed by atoms with van der Waals surface area (Å²) in [6.07, 6.45) is 1.55. The first-order chi connectivity index (χ1) is 15.4. The van der Waals surface area contributed by atoms with Gasteiger partial charge in [0, 0.05) is 18.2 Å². The molecule has 2 fully saturated rings. The number of benzene rings is 2. The lowest BCUT2D eigenvalue weighted by atomic mass is 9.94. The minimum atomic E-state index is -0.785. The molecule has 2 aromatic rings. The van der Waals surface area contributed by atoms with E-state index in [4.69, 9.17) is 25.8 Å². The molecule has 0 saturated carbocycles. The number of amides is 1. The van der Waals surface area contributed by atoms with Crippen molar-refractivity contribution in [2.45, 2.75) is 25.0 Å². The Balaban J connectivity index is 1.87. The summed E-state index contributed by atoms with van der Waals surface area (Å²) in [4.78, 5) is 27.7. The van der Waals surface area contributed by atoms with Crippen molar-refractivity contribution in [1.82, 2.24) is 4.90 Å². The maximum atomic E-state index is 13.2. The van der Waals surface area contributed by atoms with Gasteiger partial charge in [-0.2, -0.15) is 0 Å². The number of likely N-dealkylation sites (tertiary alicyclic amines) is 1. The molecule has 0 aromatic heterocycles. The fourth-order valence-corrected chi connectivity index (χ4v) is 4.34. The summed E-state index contributed by atoms with van der Waals surface area (Å²) in [7, 11) is 2.96. The molecule has 2 atom stereocenters. The molecule has 32 heavy (non-hydrogen) atoms. The van der Waals surface area contributed by atoms with E-state index < -0.39 is 17.7 Å². The molecule has 1 N–H and O–H groups in total. The van der Waals surface area contributed by atoms with Crippen LogP contribution in [0.2, 0.25) is 5.02 Å². The molecule has 7 nitrogen and oxygen atoms in total. The molecule has 2 unspecified atom stereocenters. The number of methoxy groups -OCH3 is 2. The maximum absolute atomic E-state index is 13.2. The molecule has 2 aliphatic heterocycles. The minimum Gasteiger partial charge on any atom is -0.507 e. The summed E-state index contributed by atoms with van der Waals surface area (Å²) < 4.78 is 16.4. The number of halogens is 1. The number of Topliss-reactive ketones (excluding diaryl/α,β-unsaturated/α-hetero) is 1. The van der Waals surface area contributed by atoms with Crippen LogP contribution in [-0.4, -0.2) is 55.2 Å². The number of nitrogens with zero attached hydrogens (tertiary/aromatic N) is 1. The van der Waals surface area contributed by atoms with Crippen LogP contribution >= 0.6 is 11.6 Å². The van der Waals surface area contributed by atoms with Crippen LogP contribution in [0.3, 0.4) is 0 Å². The first-order valence-electron chi connectivity index (χ1n) is 10.3. The van der Waals surface area contributed by atoms with Crippen LogP contribution in [0.4, 0.5) is 0 Å². The summed E-state index contributed by atoms with van der Waals surface area (Å²) in [5, 5.41) is 11.8. The number of ether oxygens (including phenoxy) is 3. The Bertz CT molecular complexity index is 1060. The molecule has 2 aliphatic rings. The minimum absolute atomic E-state index is 0.0122. The third kappa shape index (κ3) is 4.06. The summed E-state index contributed by atoms with van der Waals surface area (Å²) in [5.74, 6) is -0.935. The Morgan fingerprint density at radius 3 is 2.53 bits per heavy atom. The molecule has 0 aliphatic carbocycles. The van der Waals surface area contributed by atoms with Crippen molar-refractivity contribution in [2.75, 3.05) is 27.4 Å². The van der Waals surface area contributed by atoms with E-state index in [1.807, 2.05) is 0 Å². The van der Waals surface area contributed by atoms with E-state index >= 15 is 0 Å². The normalized spacial score (nSPS) is 22.4. The second-order valence-electron chi connectivity index (χ2n) is 7.70. The number of carbonyl (C=O) groups excluding carboxylic acids is 2. The van der Waals surface area contributed by atoms with Crippen molar-refractivity contribution in [2.24, 2.45) is 0 Å². The van der Waals surface area contributed by atoms with Gasteiger partial charge in [-0.15, -0.1) is 0 Å². The molecule has 168 valence electrons. The zero-order chi connectivity index (χ0) is 22.8. The molecular weight excluding hydrogens is 434 g/mol. The van der Waals surface area contributed by atoms with Gasteiger partial charge in [-0.3, -0.25) is 9.59 Å². The van der Waals surface area contributed by atoms with Crippen molar-refractivity contribution in [3.8, 4) is 11.5 Å². The van der Waals surface area contributed by atoms with Gasteiger partial charge in [-0.25, -0.2) is 0 Å². The van der Waals surface area contributed by atoms with Crippen molar-refractivity contribution in [1.29, 1.82) is 0 Å². The highest BCUT2D eigenvalue weighted by molar-refractivity contribution is 6.46. The van der Waals surface area contributed by atoms with Crippen molar-refractivity contribution in [3.63, 3.8) is 0 Å². The summed E-state index contributed by atoms with van der Waals surface area (Å²) >= 11 is 6.06. The van der Waals surface area contributed by atoms with Gasteiger partial charge in [0.05, 0.1) is 37.5 Å². The summed E-state index contributed by atoms with van der Waals surface area (Å²) in [5.41, 5.74) is 0.915. The number of aliphatic hydroxyl groups excluding tert-OH is 1. The van der Waals surface area contributed by atoms with Crippen LogP contribution in [0.15, 0.2) is 48.0 Å². The zero-order valence-corrected chi connectivity index (χ0v) is 18.6.